The number of nitrogens with one attached hydrogen (secondary N) is 1. The molecular weight excluding hydrogens is 242 g/mol. The molecule has 0 saturated carbocycles. The summed E-state index contributed by atoms with van der Waals surface area (Å²) in [5.41, 5.74) is 5.86. The fourth-order valence-corrected chi connectivity index (χ4v) is 3.84. The van der Waals surface area contributed by atoms with Crippen molar-refractivity contribution < 1.29 is 0 Å². The molecule has 0 saturated heterocycles. The van der Waals surface area contributed by atoms with Gasteiger partial charge in [-0.3, -0.25) is 0 Å². The molecule has 1 unspecified atom stereocenters. The van der Waals surface area contributed by atoms with Crippen LogP contribution in [0, 0.1) is 0 Å². The zero-order valence-corrected chi connectivity index (χ0v) is 12.0. The van der Waals surface area contributed by atoms with E-state index in [4.69, 9.17) is 0 Å². The van der Waals surface area contributed by atoms with Crippen molar-refractivity contribution in [3.63, 3.8) is 0 Å². The first-order chi connectivity index (χ1) is 9.67. The van der Waals surface area contributed by atoms with Gasteiger partial charge in [0, 0.05) is 22.5 Å². The Balaban J connectivity index is 1.97. The largest absolute Gasteiger partial charge is 0.358 e. The predicted octanol–water partition coefficient (Wildman–Crippen LogP) is 4.98. The average molecular weight is 261 g/mol. The van der Waals surface area contributed by atoms with Crippen LogP contribution in [0.1, 0.15) is 43.0 Å². The molecule has 0 spiro atoms. The highest BCUT2D eigenvalue weighted by atomic mass is 14.8. The molecule has 1 aliphatic carbocycles. The van der Waals surface area contributed by atoms with Crippen LogP contribution in [0.4, 0.5) is 0 Å². The Hall–Kier alpha value is -2.02. The van der Waals surface area contributed by atoms with Crippen LogP contribution in [0.3, 0.4) is 0 Å². The summed E-state index contributed by atoms with van der Waals surface area (Å²) in [5, 5.41) is 1.39. The van der Waals surface area contributed by atoms with Gasteiger partial charge in [0.15, 0.2) is 0 Å². The lowest BCUT2D eigenvalue weighted by Gasteiger charge is -2.20. The number of hydrogen-bond donors (Lipinski definition) is 1. The van der Waals surface area contributed by atoms with Gasteiger partial charge >= 0.3 is 0 Å². The third-order valence-electron chi connectivity index (χ3n) is 4.68. The molecule has 0 bridgehead atoms. The molecule has 0 radical (unpaired) electrons. The van der Waals surface area contributed by atoms with E-state index in [1.807, 2.05) is 0 Å². The molecule has 3 aromatic rings. The summed E-state index contributed by atoms with van der Waals surface area (Å²) in [4.78, 5) is 3.68. The third-order valence-corrected chi connectivity index (χ3v) is 4.68. The van der Waals surface area contributed by atoms with Crippen molar-refractivity contribution >= 4 is 10.9 Å². The summed E-state index contributed by atoms with van der Waals surface area (Å²) >= 11 is 0. The van der Waals surface area contributed by atoms with Gasteiger partial charge in [-0.2, -0.15) is 0 Å². The van der Waals surface area contributed by atoms with Gasteiger partial charge in [0.2, 0.25) is 0 Å². The summed E-state index contributed by atoms with van der Waals surface area (Å²) in [6.07, 6.45) is 1.18. The van der Waals surface area contributed by atoms with E-state index < -0.39 is 0 Å². The van der Waals surface area contributed by atoms with Crippen molar-refractivity contribution in [3.05, 3.63) is 71.4 Å². The van der Waals surface area contributed by atoms with Gasteiger partial charge in [-0.1, -0.05) is 62.4 Å². The topological polar surface area (TPSA) is 15.8 Å². The molecule has 1 aromatic heterocycles. The molecule has 0 aliphatic heterocycles. The molecule has 1 heteroatoms. The SMILES string of the molecule is CC1(C)CC(c2ccccc2)c2[nH]c3ccccc3c21. The van der Waals surface area contributed by atoms with Crippen LogP contribution in [0.25, 0.3) is 10.9 Å². The minimum absolute atomic E-state index is 0.232. The normalized spacial score (nSPS) is 20.2. The van der Waals surface area contributed by atoms with Crippen LogP contribution < -0.4 is 0 Å². The molecule has 1 N–H and O–H groups in total. The van der Waals surface area contributed by atoms with Crippen LogP contribution >= 0.6 is 0 Å². The highest BCUT2D eigenvalue weighted by Crippen LogP contribution is 2.51. The molecule has 1 heterocycles. The van der Waals surface area contributed by atoms with Crippen molar-refractivity contribution in [1.29, 1.82) is 0 Å². The van der Waals surface area contributed by atoms with E-state index in [0.29, 0.717) is 5.92 Å². The Labute approximate surface area is 119 Å². The molecule has 1 atom stereocenters. The first kappa shape index (κ1) is 11.8. The van der Waals surface area contributed by atoms with Crippen molar-refractivity contribution in [3.8, 4) is 0 Å². The Morgan fingerprint density at radius 1 is 0.950 bits per heavy atom. The number of para-hydroxylation sites is 1. The van der Waals surface area contributed by atoms with Gasteiger partial charge in [-0.05, 0) is 29.0 Å². The quantitative estimate of drug-likeness (QED) is 0.635. The second-order valence-corrected chi connectivity index (χ2v) is 6.51. The van der Waals surface area contributed by atoms with Crippen LogP contribution in [-0.4, -0.2) is 4.98 Å². The molecule has 4 rings (SSSR count). The number of benzene rings is 2. The Kier molecular flexibility index (Phi) is 2.35. The van der Waals surface area contributed by atoms with E-state index in [2.05, 4.69) is 73.4 Å². The van der Waals surface area contributed by atoms with Crippen LogP contribution in [0.2, 0.25) is 0 Å². The van der Waals surface area contributed by atoms with E-state index in [9.17, 15) is 0 Å². The van der Waals surface area contributed by atoms with Gasteiger partial charge in [0.05, 0.1) is 0 Å². The van der Waals surface area contributed by atoms with Gasteiger partial charge in [0.25, 0.3) is 0 Å². The van der Waals surface area contributed by atoms with Gasteiger partial charge in [-0.25, -0.2) is 0 Å². The summed E-state index contributed by atoms with van der Waals surface area (Å²) in [6, 6.07) is 19.6. The van der Waals surface area contributed by atoms with E-state index in [0.717, 1.165) is 0 Å². The first-order valence-electron chi connectivity index (χ1n) is 7.33. The fourth-order valence-electron chi connectivity index (χ4n) is 3.84. The minimum atomic E-state index is 0.232. The zero-order valence-electron chi connectivity index (χ0n) is 12.0. The van der Waals surface area contributed by atoms with Gasteiger partial charge in [0.1, 0.15) is 0 Å². The lowest BCUT2D eigenvalue weighted by Crippen LogP contribution is -2.12. The third kappa shape index (κ3) is 1.56. The van der Waals surface area contributed by atoms with E-state index >= 15 is 0 Å². The van der Waals surface area contributed by atoms with Gasteiger partial charge in [-0.15, -0.1) is 0 Å². The maximum atomic E-state index is 3.68. The van der Waals surface area contributed by atoms with Crippen LogP contribution in [0.15, 0.2) is 54.6 Å². The lowest BCUT2D eigenvalue weighted by atomic mass is 9.84. The lowest BCUT2D eigenvalue weighted by molar-refractivity contribution is 0.501. The maximum Gasteiger partial charge on any atom is 0.0459 e. The monoisotopic (exact) mass is 261 g/mol. The van der Waals surface area contributed by atoms with Crippen molar-refractivity contribution in [2.45, 2.75) is 31.6 Å². The van der Waals surface area contributed by atoms with E-state index in [1.54, 1.807) is 0 Å². The number of aromatic amines is 1. The summed E-state index contributed by atoms with van der Waals surface area (Å²) < 4.78 is 0. The molecule has 1 aliphatic rings. The molecule has 0 amide bonds. The average Bonchev–Trinajstić information content (AvgIpc) is 2.96. The number of fused-ring (bicyclic) bond motifs is 3. The maximum absolute atomic E-state index is 3.68. The summed E-state index contributed by atoms with van der Waals surface area (Å²) in [5.74, 6) is 0.494. The number of aromatic nitrogens is 1. The summed E-state index contributed by atoms with van der Waals surface area (Å²) in [6.45, 7) is 4.74. The minimum Gasteiger partial charge on any atom is -0.358 e. The van der Waals surface area contributed by atoms with Crippen molar-refractivity contribution in [2.24, 2.45) is 0 Å². The Bertz CT molecular complexity index is 765. The van der Waals surface area contributed by atoms with E-state index in [-0.39, 0.29) is 5.41 Å². The molecule has 100 valence electrons. The van der Waals surface area contributed by atoms with Crippen LogP contribution in [0.5, 0.6) is 0 Å². The molecule has 2 aromatic carbocycles. The Morgan fingerprint density at radius 2 is 1.65 bits per heavy atom. The van der Waals surface area contributed by atoms with E-state index in [1.165, 1.54) is 34.1 Å². The molecule has 20 heavy (non-hydrogen) atoms. The standard InChI is InChI=1S/C19H19N/c1-19(2)12-15(13-8-4-3-5-9-13)18-17(19)14-10-6-7-11-16(14)20-18/h3-11,15,20H,12H2,1-2H3. The number of H-pyrrole nitrogens is 1. The highest BCUT2D eigenvalue weighted by molar-refractivity contribution is 5.87. The number of hydrogen-bond acceptors (Lipinski definition) is 0. The fraction of sp³-hybridized carbons (Fsp3) is 0.263. The molecule has 0 fully saturated rings. The second-order valence-electron chi connectivity index (χ2n) is 6.51. The first-order valence-corrected chi connectivity index (χ1v) is 7.33. The molecule has 1 nitrogen and oxygen atoms in total. The highest BCUT2D eigenvalue weighted by Gasteiger charge is 2.40. The van der Waals surface area contributed by atoms with Crippen LogP contribution in [-0.2, 0) is 5.41 Å². The Morgan fingerprint density at radius 3 is 2.45 bits per heavy atom. The molecular formula is C19H19N. The second kappa shape index (κ2) is 3.99. The summed E-state index contributed by atoms with van der Waals surface area (Å²) in [7, 11) is 0. The van der Waals surface area contributed by atoms with Crippen molar-refractivity contribution in [2.75, 3.05) is 0 Å². The van der Waals surface area contributed by atoms with Crippen molar-refractivity contribution in [1.82, 2.24) is 4.98 Å². The van der Waals surface area contributed by atoms with Gasteiger partial charge < -0.3 is 4.98 Å². The zero-order chi connectivity index (χ0) is 13.7. The number of rotatable bonds is 1. The predicted molar refractivity (Wildman–Crippen MR) is 84.2 cm³/mol. The smallest absolute Gasteiger partial charge is 0.0459 e.